The summed E-state index contributed by atoms with van der Waals surface area (Å²) in [5.41, 5.74) is -0.356. The molecule has 0 aliphatic carbocycles. The molecule has 0 spiro atoms. The summed E-state index contributed by atoms with van der Waals surface area (Å²) in [5.74, 6) is -0.323. The normalized spacial score (nSPS) is 14.9. The van der Waals surface area contributed by atoms with Gasteiger partial charge in [-0.15, -0.1) is 0 Å². The maximum Gasteiger partial charge on any atom is 0.416 e. The van der Waals surface area contributed by atoms with Crippen LogP contribution in [0.3, 0.4) is 0 Å². The predicted octanol–water partition coefficient (Wildman–Crippen LogP) is 3.31. The van der Waals surface area contributed by atoms with Crippen LogP contribution in [0.15, 0.2) is 24.3 Å². The fourth-order valence-electron chi connectivity index (χ4n) is 1.80. The molecule has 0 radical (unpaired) electrons. The van der Waals surface area contributed by atoms with E-state index in [0.29, 0.717) is 0 Å². The lowest BCUT2D eigenvalue weighted by Crippen LogP contribution is -2.32. The lowest BCUT2D eigenvalue weighted by atomic mass is 9.90. The summed E-state index contributed by atoms with van der Waals surface area (Å²) in [5, 5.41) is 11.3. The van der Waals surface area contributed by atoms with Gasteiger partial charge in [0.15, 0.2) is 0 Å². The highest BCUT2D eigenvalue weighted by Crippen LogP contribution is 2.35. The molecule has 1 aromatic rings. The summed E-state index contributed by atoms with van der Waals surface area (Å²) < 4.78 is 38.6. The van der Waals surface area contributed by atoms with E-state index in [1.165, 1.54) is 12.1 Å². The molecule has 1 rings (SSSR count). The molecule has 1 aromatic carbocycles. The summed E-state index contributed by atoms with van der Waals surface area (Å²) in [6, 6.07) is 7.26. The van der Waals surface area contributed by atoms with Crippen LogP contribution in [0, 0.1) is 11.3 Å². The van der Waals surface area contributed by atoms with Crippen molar-refractivity contribution in [1.82, 2.24) is 5.32 Å². The number of nitrogens with one attached hydrogen (secondary N) is 1. The first kappa shape index (κ1) is 14.5. The van der Waals surface area contributed by atoms with Crippen molar-refractivity contribution >= 4 is 0 Å². The monoisotopic (exact) mass is 256 g/mol. The Bertz CT molecular complexity index is 435. The minimum absolute atomic E-state index is 0.125. The molecule has 2 atom stereocenters. The van der Waals surface area contributed by atoms with Crippen LogP contribution in [-0.4, -0.2) is 12.6 Å². The highest BCUT2D eigenvalue weighted by molar-refractivity contribution is 5.33. The molecule has 0 aliphatic rings. The molecule has 0 amide bonds. The molecule has 0 aromatic heterocycles. The summed E-state index contributed by atoms with van der Waals surface area (Å²) in [6.07, 6.45) is -4.35. The van der Waals surface area contributed by atoms with E-state index in [4.69, 9.17) is 5.26 Å². The van der Waals surface area contributed by atoms with Gasteiger partial charge >= 0.3 is 6.18 Å². The zero-order chi connectivity index (χ0) is 13.8. The third-order valence-corrected chi connectivity index (χ3v) is 3.01. The van der Waals surface area contributed by atoms with Crippen molar-refractivity contribution in [2.24, 2.45) is 0 Å². The van der Waals surface area contributed by atoms with E-state index in [9.17, 15) is 13.2 Å². The second kappa shape index (κ2) is 5.87. The van der Waals surface area contributed by atoms with Gasteiger partial charge < -0.3 is 5.32 Å². The Morgan fingerprint density at radius 1 is 1.28 bits per heavy atom. The van der Waals surface area contributed by atoms with Crippen LogP contribution in [0.25, 0.3) is 0 Å². The summed E-state index contributed by atoms with van der Waals surface area (Å²) in [7, 11) is 0. The van der Waals surface area contributed by atoms with Gasteiger partial charge in [0.2, 0.25) is 0 Å². The minimum Gasteiger partial charge on any atom is -0.301 e. The van der Waals surface area contributed by atoms with Crippen LogP contribution in [0.5, 0.6) is 0 Å². The maximum absolute atomic E-state index is 12.9. The first-order chi connectivity index (χ1) is 8.38. The zero-order valence-corrected chi connectivity index (χ0v) is 10.3. The topological polar surface area (TPSA) is 35.8 Å². The Morgan fingerprint density at radius 2 is 1.89 bits per heavy atom. The number of alkyl halides is 3. The maximum atomic E-state index is 12.9. The summed E-state index contributed by atoms with van der Waals surface area (Å²) in [4.78, 5) is 0. The van der Waals surface area contributed by atoms with Crippen molar-refractivity contribution in [2.75, 3.05) is 6.54 Å². The van der Waals surface area contributed by atoms with Crippen molar-refractivity contribution in [3.05, 3.63) is 35.4 Å². The lowest BCUT2D eigenvalue weighted by molar-refractivity contribution is -0.138. The largest absolute Gasteiger partial charge is 0.416 e. The quantitative estimate of drug-likeness (QED) is 0.839. The van der Waals surface area contributed by atoms with Gasteiger partial charge in [0.05, 0.1) is 18.2 Å². The molecule has 2 unspecified atom stereocenters. The zero-order valence-electron chi connectivity index (χ0n) is 10.3. The van der Waals surface area contributed by atoms with Gasteiger partial charge in [0, 0.05) is 6.04 Å². The molecule has 0 aliphatic heterocycles. The van der Waals surface area contributed by atoms with Gasteiger partial charge in [-0.25, -0.2) is 0 Å². The molecular weight excluding hydrogens is 241 g/mol. The molecular formula is C13H15F3N2. The molecule has 1 N–H and O–H groups in total. The minimum atomic E-state index is -4.35. The van der Waals surface area contributed by atoms with Crippen LogP contribution in [0.2, 0.25) is 0 Å². The number of nitrogens with zero attached hydrogens (tertiary/aromatic N) is 1. The van der Waals surface area contributed by atoms with E-state index in [1.54, 1.807) is 19.9 Å². The van der Waals surface area contributed by atoms with Crippen molar-refractivity contribution in [1.29, 1.82) is 5.26 Å². The van der Waals surface area contributed by atoms with Crippen molar-refractivity contribution in [3.8, 4) is 6.07 Å². The molecule has 18 heavy (non-hydrogen) atoms. The van der Waals surface area contributed by atoms with Crippen LogP contribution in [0.1, 0.15) is 30.9 Å². The first-order valence-electron chi connectivity index (χ1n) is 5.64. The predicted molar refractivity (Wildman–Crippen MR) is 62.9 cm³/mol. The van der Waals surface area contributed by atoms with Crippen molar-refractivity contribution in [2.45, 2.75) is 32.0 Å². The van der Waals surface area contributed by atoms with Gasteiger partial charge in [-0.1, -0.05) is 25.1 Å². The number of hydrogen-bond donors (Lipinski definition) is 1. The fraction of sp³-hybridized carbons (Fsp3) is 0.462. The highest BCUT2D eigenvalue weighted by atomic mass is 19.4. The molecule has 5 heteroatoms. The molecule has 0 bridgehead atoms. The smallest absolute Gasteiger partial charge is 0.301 e. The van der Waals surface area contributed by atoms with Crippen LogP contribution in [0.4, 0.5) is 13.2 Å². The molecule has 98 valence electrons. The Labute approximate surface area is 104 Å². The molecule has 2 nitrogen and oxygen atoms in total. The number of nitriles is 1. The van der Waals surface area contributed by atoms with Gasteiger partial charge in [0.1, 0.15) is 0 Å². The van der Waals surface area contributed by atoms with E-state index >= 15 is 0 Å². The van der Waals surface area contributed by atoms with E-state index in [2.05, 4.69) is 5.32 Å². The third kappa shape index (κ3) is 3.47. The van der Waals surface area contributed by atoms with Crippen LogP contribution in [-0.2, 0) is 6.18 Å². The van der Waals surface area contributed by atoms with Gasteiger partial charge in [0.25, 0.3) is 0 Å². The second-order valence-corrected chi connectivity index (χ2v) is 4.20. The Hall–Kier alpha value is -1.54. The molecule has 0 heterocycles. The second-order valence-electron chi connectivity index (χ2n) is 4.20. The standard InChI is InChI=1S/C13H15F3N2/c1-9(10(2)18-8-7-17)11-5-3-4-6-12(11)13(14,15)16/h3-6,9-10,18H,8H2,1-2H3. The van der Waals surface area contributed by atoms with E-state index in [1.807, 2.05) is 6.07 Å². The van der Waals surface area contributed by atoms with Crippen molar-refractivity contribution < 1.29 is 13.2 Å². The number of hydrogen-bond acceptors (Lipinski definition) is 2. The number of benzene rings is 1. The van der Waals surface area contributed by atoms with Gasteiger partial charge in [-0.05, 0) is 24.5 Å². The van der Waals surface area contributed by atoms with Crippen LogP contribution >= 0.6 is 0 Å². The number of rotatable bonds is 4. The molecule has 0 saturated heterocycles. The van der Waals surface area contributed by atoms with Crippen molar-refractivity contribution in [3.63, 3.8) is 0 Å². The SMILES string of the molecule is CC(NCC#N)C(C)c1ccccc1C(F)(F)F. The Morgan fingerprint density at radius 3 is 2.44 bits per heavy atom. The highest BCUT2D eigenvalue weighted by Gasteiger charge is 2.34. The lowest BCUT2D eigenvalue weighted by Gasteiger charge is -2.23. The molecule has 0 saturated carbocycles. The van der Waals surface area contributed by atoms with E-state index in [0.717, 1.165) is 6.07 Å². The fourth-order valence-corrected chi connectivity index (χ4v) is 1.80. The summed E-state index contributed by atoms with van der Waals surface area (Å²) >= 11 is 0. The van der Waals surface area contributed by atoms with Gasteiger partial charge in [-0.3, -0.25) is 0 Å². The average molecular weight is 256 g/mol. The summed E-state index contributed by atoms with van der Waals surface area (Å²) in [6.45, 7) is 3.62. The van der Waals surface area contributed by atoms with E-state index in [-0.39, 0.29) is 24.1 Å². The molecule has 0 fully saturated rings. The third-order valence-electron chi connectivity index (χ3n) is 3.01. The first-order valence-corrected chi connectivity index (χ1v) is 5.64. The Balaban J connectivity index is 2.99. The van der Waals surface area contributed by atoms with E-state index < -0.39 is 11.7 Å². The Kier molecular flexibility index (Phi) is 4.74. The van der Waals surface area contributed by atoms with Gasteiger partial charge in [-0.2, -0.15) is 18.4 Å². The van der Waals surface area contributed by atoms with Crippen LogP contribution < -0.4 is 5.32 Å². The number of halogens is 3. The average Bonchev–Trinajstić information content (AvgIpc) is 2.34.